The number of anilines is 1. The molecule has 0 unspecified atom stereocenters. The van der Waals surface area contributed by atoms with Gasteiger partial charge in [-0.05, 0) is 68.5 Å². The third kappa shape index (κ3) is 4.27. The van der Waals surface area contributed by atoms with Crippen LogP contribution in [0, 0.1) is 11.7 Å². The Labute approximate surface area is 198 Å². The van der Waals surface area contributed by atoms with Crippen molar-refractivity contribution in [1.82, 2.24) is 4.90 Å². The van der Waals surface area contributed by atoms with Gasteiger partial charge in [-0.15, -0.1) is 0 Å². The number of piperazine rings is 1. The number of carbonyl (C=O) groups is 2. The van der Waals surface area contributed by atoms with Crippen molar-refractivity contribution >= 4 is 29.1 Å². The van der Waals surface area contributed by atoms with Gasteiger partial charge < -0.3 is 10.0 Å². The van der Waals surface area contributed by atoms with Gasteiger partial charge in [0.25, 0.3) is 5.91 Å². The molecule has 2 fully saturated rings. The van der Waals surface area contributed by atoms with Crippen molar-refractivity contribution < 1.29 is 32.3 Å². The Bertz CT molecular complexity index is 1120. The van der Waals surface area contributed by atoms with Crippen LogP contribution < -0.4 is 4.90 Å². The molecule has 0 atom stereocenters. The van der Waals surface area contributed by atoms with E-state index >= 15 is 0 Å². The summed E-state index contributed by atoms with van der Waals surface area (Å²) < 4.78 is 53.4. The second kappa shape index (κ2) is 8.23. The SMILES string of the molecule is CC(C)(O)[C@H]1C[C@]2(C1)C(=O)N(c1ccc(Cl)cc1F)CC(=O)N2Cc1ccc(C(F)(F)F)cc1. The third-order valence-electron chi connectivity index (χ3n) is 6.74. The lowest BCUT2D eigenvalue weighted by Crippen LogP contribution is -2.74. The Hall–Kier alpha value is -2.65. The van der Waals surface area contributed by atoms with Crippen LogP contribution in [-0.2, 0) is 22.3 Å². The lowest BCUT2D eigenvalue weighted by atomic mass is 9.60. The number of aliphatic hydroxyl groups is 1. The van der Waals surface area contributed by atoms with Crippen LogP contribution in [0.4, 0.5) is 23.2 Å². The second-order valence-corrected chi connectivity index (χ2v) is 9.89. The lowest BCUT2D eigenvalue weighted by molar-refractivity contribution is -0.171. The first-order valence-electron chi connectivity index (χ1n) is 10.7. The van der Waals surface area contributed by atoms with E-state index in [2.05, 4.69) is 0 Å². The predicted molar refractivity (Wildman–Crippen MR) is 118 cm³/mol. The number of nitrogens with zero attached hydrogens (tertiary/aromatic N) is 2. The van der Waals surface area contributed by atoms with Crippen LogP contribution in [0.3, 0.4) is 0 Å². The van der Waals surface area contributed by atoms with E-state index in [4.69, 9.17) is 11.6 Å². The molecule has 1 saturated carbocycles. The van der Waals surface area contributed by atoms with Gasteiger partial charge in [-0.2, -0.15) is 13.2 Å². The average Bonchev–Trinajstić information content (AvgIpc) is 2.68. The van der Waals surface area contributed by atoms with Gasteiger partial charge in [-0.25, -0.2) is 4.39 Å². The van der Waals surface area contributed by atoms with Crippen molar-refractivity contribution in [3.63, 3.8) is 0 Å². The molecule has 5 nitrogen and oxygen atoms in total. The molecular formula is C24H23ClF4N2O3. The lowest BCUT2D eigenvalue weighted by Gasteiger charge is -2.59. The van der Waals surface area contributed by atoms with Gasteiger partial charge in [0.05, 0.1) is 16.9 Å². The highest BCUT2D eigenvalue weighted by molar-refractivity contribution is 6.30. The maximum Gasteiger partial charge on any atom is 0.416 e. The van der Waals surface area contributed by atoms with Gasteiger partial charge in [-0.1, -0.05) is 23.7 Å². The number of amides is 2. The minimum absolute atomic E-state index is 0.0805. The fourth-order valence-corrected chi connectivity index (χ4v) is 4.82. The standard InChI is InChI=1S/C24H23ClF4N2O3/c1-22(2,34)16-10-23(11-16)21(33)30(19-8-7-17(25)9-18(19)26)13-20(32)31(23)12-14-3-5-15(6-4-14)24(27,28)29/h3-9,16,34H,10-13H2,1-2H3/t16-,23-. The molecule has 1 aliphatic heterocycles. The molecule has 2 aliphatic rings. The number of carbonyl (C=O) groups excluding carboxylic acids is 2. The number of alkyl halides is 3. The van der Waals surface area contributed by atoms with E-state index in [1.165, 1.54) is 29.2 Å². The molecule has 2 amide bonds. The number of hydrogen-bond donors (Lipinski definition) is 1. The molecule has 1 aliphatic carbocycles. The van der Waals surface area contributed by atoms with Crippen LogP contribution >= 0.6 is 11.6 Å². The van der Waals surface area contributed by atoms with Crippen LogP contribution in [0.1, 0.15) is 37.8 Å². The molecule has 34 heavy (non-hydrogen) atoms. The Morgan fingerprint density at radius 3 is 2.24 bits per heavy atom. The van der Waals surface area contributed by atoms with E-state index in [1.54, 1.807) is 13.8 Å². The fourth-order valence-electron chi connectivity index (χ4n) is 4.66. The summed E-state index contributed by atoms with van der Waals surface area (Å²) >= 11 is 5.82. The molecule has 0 radical (unpaired) electrons. The molecule has 1 saturated heterocycles. The normalized spacial score (nSPS) is 23.5. The highest BCUT2D eigenvalue weighted by Gasteiger charge is 2.62. The van der Waals surface area contributed by atoms with E-state index in [9.17, 15) is 32.3 Å². The topological polar surface area (TPSA) is 60.9 Å². The van der Waals surface area contributed by atoms with Crippen LogP contribution in [0.5, 0.6) is 0 Å². The highest BCUT2D eigenvalue weighted by Crippen LogP contribution is 2.51. The molecule has 182 valence electrons. The fraction of sp³-hybridized carbons (Fsp3) is 0.417. The molecule has 0 bridgehead atoms. The summed E-state index contributed by atoms with van der Waals surface area (Å²) in [6.45, 7) is 2.71. The highest BCUT2D eigenvalue weighted by atomic mass is 35.5. The Morgan fingerprint density at radius 1 is 1.09 bits per heavy atom. The summed E-state index contributed by atoms with van der Waals surface area (Å²) in [4.78, 5) is 29.3. The van der Waals surface area contributed by atoms with Gasteiger partial charge in [-0.3, -0.25) is 14.5 Å². The Morgan fingerprint density at radius 2 is 1.71 bits per heavy atom. The van der Waals surface area contributed by atoms with Crippen molar-refractivity contribution in [3.8, 4) is 0 Å². The Balaban J connectivity index is 1.68. The quantitative estimate of drug-likeness (QED) is 0.616. The molecule has 2 aromatic rings. The van der Waals surface area contributed by atoms with E-state index in [-0.39, 0.29) is 36.0 Å². The molecular weight excluding hydrogens is 476 g/mol. The van der Waals surface area contributed by atoms with E-state index in [0.29, 0.717) is 5.56 Å². The molecule has 1 N–H and O–H groups in total. The maximum atomic E-state index is 14.6. The van der Waals surface area contributed by atoms with Crippen LogP contribution in [0.15, 0.2) is 42.5 Å². The number of rotatable bonds is 4. The zero-order valence-electron chi connectivity index (χ0n) is 18.5. The molecule has 4 rings (SSSR count). The van der Waals surface area contributed by atoms with Crippen molar-refractivity contribution in [2.45, 2.75) is 50.6 Å². The third-order valence-corrected chi connectivity index (χ3v) is 6.98. The Kier molecular flexibility index (Phi) is 5.93. The van der Waals surface area contributed by atoms with Crippen LogP contribution in [0.25, 0.3) is 0 Å². The molecule has 1 heterocycles. The predicted octanol–water partition coefficient (Wildman–Crippen LogP) is 4.79. The zero-order valence-corrected chi connectivity index (χ0v) is 19.3. The second-order valence-electron chi connectivity index (χ2n) is 9.45. The van der Waals surface area contributed by atoms with E-state index < -0.39 is 47.1 Å². The van der Waals surface area contributed by atoms with Crippen molar-refractivity contribution in [2.24, 2.45) is 5.92 Å². The maximum absolute atomic E-state index is 14.6. The van der Waals surface area contributed by atoms with Crippen LogP contribution in [-0.4, -0.2) is 39.5 Å². The minimum atomic E-state index is -4.49. The monoisotopic (exact) mass is 498 g/mol. The summed E-state index contributed by atoms with van der Waals surface area (Å²) in [7, 11) is 0. The van der Waals surface area contributed by atoms with E-state index in [0.717, 1.165) is 23.1 Å². The first-order chi connectivity index (χ1) is 15.7. The largest absolute Gasteiger partial charge is 0.416 e. The average molecular weight is 499 g/mol. The van der Waals surface area contributed by atoms with E-state index in [1.807, 2.05) is 0 Å². The summed E-state index contributed by atoms with van der Waals surface area (Å²) in [6, 6.07) is 8.18. The summed E-state index contributed by atoms with van der Waals surface area (Å²) in [5.41, 5.74) is -2.92. The molecule has 10 heteroatoms. The summed E-state index contributed by atoms with van der Waals surface area (Å²) in [5, 5.41) is 10.6. The van der Waals surface area contributed by atoms with Gasteiger partial charge >= 0.3 is 6.18 Å². The van der Waals surface area contributed by atoms with Crippen LogP contribution in [0.2, 0.25) is 5.02 Å². The van der Waals surface area contributed by atoms with Crippen molar-refractivity contribution in [3.05, 3.63) is 64.4 Å². The smallest absolute Gasteiger partial charge is 0.390 e. The van der Waals surface area contributed by atoms with Gasteiger partial charge in [0.1, 0.15) is 17.9 Å². The van der Waals surface area contributed by atoms with Gasteiger partial charge in [0.15, 0.2) is 0 Å². The molecule has 0 aromatic heterocycles. The van der Waals surface area contributed by atoms with Crippen molar-refractivity contribution in [2.75, 3.05) is 11.4 Å². The number of hydrogen-bond acceptors (Lipinski definition) is 3. The minimum Gasteiger partial charge on any atom is -0.390 e. The number of benzene rings is 2. The van der Waals surface area contributed by atoms with Gasteiger partial charge in [0, 0.05) is 11.6 Å². The zero-order chi connectivity index (χ0) is 25.1. The van der Waals surface area contributed by atoms with Gasteiger partial charge in [0.2, 0.25) is 5.91 Å². The molecule has 2 aromatic carbocycles. The number of halogens is 5. The first kappa shape index (κ1) is 24.5. The summed E-state index contributed by atoms with van der Waals surface area (Å²) in [6.07, 6.45) is -4.20. The van der Waals surface area contributed by atoms with Crippen molar-refractivity contribution in [1.29, 1.82) is 0 Å². The molecule has 1 spiro atoms. The first-order valence-corrected chi connectivity index (χ1v) is 11.1. The summed E-state index contributed by atoms with van der Waals surface area (Å²) in [5.74, 6) is -2.02.